The first-order valence-corrected chi connectivity index (χ1v) is 5.87. The topological polar surface area (TPSA) is 68.1 Å². The monoisotopic (exact) mass is 297 g/mol. The van der Waals surface area contributed by atoms with Crippen molar-refractivity contribution in [3.05, 3.63) is 63.8 Å². The number of pyridine rings is 1. The lowest BCUT2D eigenvalue weighted by Crippen LogP contribution is -2.08. The van der Waals surface area contributed by atoms with Crippen molar-refractivity contribution in [3.63, 3.8) is 0 Å². The van der Waals surface area contributed by atoms with Crippen molar-refractivity contribution in [2.75, 3.05) is 5.32 Å². The molecule has 0 amide bonds. The number of hydrogen-bond donors (Lipinski definition) is 1. The lowest BCUT2D eigenvalue weighted by molar-refractivity contribution is -0.385. The Morgan fingerprint density at radius 1 is 1.24 bits per heavy atom. The first-order chi connectivity index (χ1) is 9.88. The number of alkyl halides is 3. The van der Waals surface area contributed by atoms with Gasteiger partial charge in [-0.1, -0.05) is 18.2 Å². The minimum atomic E-state index is -4.46. The van der Waals surface area contributed by atoms with Gasteiger partial charge in [0.25, 0.3) is 5.69 Å². The van der Waals surface area contributed by atoms with Crippen molar-refractivity contribution in [3.8, 4) is 0 Å². The van der Waals surface area contributed by atoms with Crippen LogP contribution in [0.3, 0.4) is 0 Å². The molecule has 0 saturated heterocycles. The van der Waals surface area contributed by atoms with Crippen LogP contribution in [0.2, 0.25) is 0 Å². The summed E-state index contributed by atoms with van der Waals surface area (Å²) in [6.07, 6.45) is -3.43. The van der Waals surface area contributed by atoms with Crippen molar-refractivity contribution in [1.82, 2.24) is 4.98 Å². The van der Waals surface area contributed by atoms with Crippen molar-refractivity contribution in [2.45, 2.75) is 12.7 Å². The number of para-hydroxylation sites is 1. The van der Waals surface area contributed by atoms with Gasteiger partial charge < -0.3 is 5.32 Å². The van der Waals surface area contributed by atoms with Crippen LogP contribution in [-0.4, -0.2) is 9.91 Å². The van der Waals surface area contributed by atoms with E-state index in [9.17, 15) is 23.3 Å². The van der Waals surface area contributed by atoms with E-state index in [2.05, 4.69) is 10.3 Å². The van der Waals surface area contributed by atoms with Crippen LogP contribution < -0.4 is 5.32 Å². The number of aromatic nitrogens is 1. The molecular formula is C13H10F3N3O2. The summed E-state index contributed by atoms with van der Waals surface area (Å²) in [6.45, 7) is 0.00542. The van der Waals surface area contributed by atoms with E-state index in [-0.39, 0.29) is 18.1 Å². The number of nitro benzene ring substituents is 1. The van der Waals surface area contributed by atoms with Crippen LogP contribution in [0.25, 0.3) is 0 Å². The molecule has 2 rings (SSSR count). The predicted molar refractivity (Wildman–Crippen MR) is 69.7 cm³/mol. The van der Waals surface area contributed by atoms with Crippen molar-refractivity contribution in [1.29, 1.82) is 0 Å². The Balaban J connectivity index is 2.16. The van der Waals surface area contributed by atoms with Crippen LogP contribution in [0.1, 0.15) is 11.1 Å². The summed E-state index contributed by atoms with van der Waals surface area (Å²) in [5, 5.41) is 13.5. The molecule has 1 N–H and O–H groups in total. The third kappa shape index (κ3) is 3.68. The molecule has 0 radical (unpaired) electrons. The average molecular weight is 297 g/mol. The maximum Gasteiger partial charge on any atom is 0.416 e. The van der Waals surface area contributed by atoms with Crippen LogP contribution in [0.15, 0.2) is 42.6 Å². The maximum absolute atomic E-state index is 12.6. The highest BCUT2D eigenvalue weighted by Crippen LogP contribution is 2.30. The van der Waals surface area contributed by atoms with Crippen LogP contribution in [0.4, 0.5) is 24.7 Å². The molecule has 0 aliphatic carbocycles. The van der Waals surface area contributed by atoms with Crippen LogP contribution in [-0.2, 0) is 12.7 Å². The molecule has 21 heavy (non-hydrogen) atoms. The van der Waals surface area contributed by atoms with Gasteiger partial charge in [-0.25, -0.2) is 4.98 Å². The van der Waals surface area contributed by atoms with Crippen molar-refractivity contribution < 1.29 is 18.1 Å². The Hall–Kier alpha value is -2.64. The summed E-state index contributed by atoms with van der Waals surface area (Å²) in [5.74, 6) is 0.00276. The quantitative estimate of drug-likeness (QED) is 0.691. The first kappa shape index (κ1) is 14.8. The zero-order valence-corrected chi connectivity index (χ0v) is 10.6. The number of nitro groups is 1. The number of anilines is 1. The van der Waals surface area contributed by atoms with E-state index in [0.717, 1.165) is 18.3 Å². The molecule has 0 fully saturated rings. The Morgan fingerprint density at radius 3 is 2.62 bits per heavy atom. The Labute approximate surface area is 117 Å². The molecule has 1 heterocycles. The average Bonchev–Trinajstić information content (AvgIpc) is 2.45. The molecule has 110 valence electrons. The zero-order chi connectivity index (χ0) is 15.5. The lowest BCUT2D eigenvalue weighted by atomic mass is 10.2. The zero-order valence-electron chi connectivity index (χ0n) is 10.6. The van der Waals surface area contributed by atoms with E-state index >= 15 is 0 Å². The largest absolute Gasteiger partial charge is 0.416 e. The number of rotatable bonds is 4. The highest BCUT2D eigenvalue weighted by molar-refractivity contribution is 5.44. The number of nitrogens with zero attached hydrogens (tertiary/aromatic N) is 2. The smallest absolute Gasteiger partial charge is 0.366 e. The molecule has 8 heteroatoms. The van der Waals surface area contributed by atoms with Crippen LogP contribution >= 0.6 is 0 Å². The fourth-order valence-electron chi connectivity index (χ4n) is 1.73. The number of nitrogens with one attached hydrogen (secondary N) is 1. The summed E-state index contributed by atoms with van der Waals surface area (Å²) >= 11 is 0. The Bertz CT molecular complexity index is 659. The molecule has 0 spiro atoms. The molecule has 2 aromatic rings. The first-order valence-electron chi connectivity index (χ1n) is 5.87. The standard InChI is InChI=1S/C13H10F3N3O2/c14-13(15,16)10-5-6-17-12(7-10)18-8-9-3-1-2-4-11(9)19(20)21/h1-7H,8H2,(H,17,18). The van der Waals surface area contributed by atoms with Gasteiger partial charge in [-0.05, 0) is 12.1 Å². The molecule has 0 unspecified atom stereocenters. The van der Waals surface area contributed by atoms with E-state index < -0.39 is 16.7 Å². The molecule has 1 aromatic heterocycles. The van der Waals surface area contributed by atoms with Gasteiger partial charge in [-0.3, -0.25) is 10.1 Å². The van der Waals surface area contributed by atoms with Gasteiger partial charge in [0.15, 0.2) is 0 Å². The fourth-order valence-corrected chi connectivity index (χ4v) is 1.73. The predicted octanol–water partition coefficient (Wildman–Crippen LogP) is 3.62. The van der Waals surface area contributed by atoms with E-state index in [1.165, 1.54) is 18.2 Å². The number of benzene rings is 1. The summed E-state index contributed by atoms with van der Waals surface area (Å²) in [5.41, 5.74) is -0.568. The molecule has 1 aromatic carbocycles. The van der Waals surface area contributed by atoms with E-state index in [1.807, 2.05) is 0 Å². The van der Waals surface area contributed by atoms with Gasteiger partial charge in [-0.2, -0.15) is 13.2 Å². The van der Waals surface area contributed by atoms with E-state index in [1.54, 1.807) is 6.07 Å². The maximum atomic E-state index is 12.6. The van der Waals surface area contributed by atoms with Crippen molar-refractivity contribution in [2.24, 2.45) is 0 Å². The normalized spacial score (nSPS) is 11.2. The van der Waals surface area contributed by atoms with Gasteiger partial charge in [0.2, 0.25) is 0 Å². The van der Waals surface area contributed by atoms with E-state index in [4.69, 9.17) is 0 Å². The Kier molecular flexibility index (Phi) is 4.06. The summed E-state index contributed by atoms with van der Waals surface area (Å²) in [7, 11) is 0. The van der Waals surface area contributed by atoms with E-state index in [0.29, 0.717) is 5.56 Å². The van der Waals surface area contributed by atoms with Gasteiger partial charge in [0.1, 0.15) is 5.82 Å². The fraction of sp³-hybridized carbons (Fsp3) is 0.154. The number of halogens is 3. The molecule has 0 saturated carbocycles. The lowest BCUT2D eigenvalue weighted by Gasteiger charge is -2.10. The van der Waals surface area contributed by atoms with Gasteiger partial charge in [0.05, 0.1) is 10.5 Å². The SMILES string of the molecule is O=[N+]([O-])c1ccccc1CNc1cc(C(F)(F)F)ccn1. The molecule has 0 aliphatic heterocycles. The van der Waals surface area contributed by atoms with Crippen molar-refractivity contribution >= 4 is 11.5 Å². The summed E-state index contributed by atoms with van der Waals surface area (Å²) in [4.78, 5) is 14.0. The van der Waals surface area contributed by atoms with Crippen LogP contribution in [0, 0.1) is 10.1 Å². The Morgan fingerprint density at radius 2 is 1.95 bits per heavy atom. The molecular weight excluding hydrogens is 287 g/mol. The second-order valence-electron chi connectivity index (χ2n) is 4.17. The minimum absolute atomic E-state index is 0.00276. The third-order valence-electron chi connectivity index (χ3n) is 2.74. The highest BCUT2D eigenvalue weighted by Gasteiger charge is 2.30. The molecule has 5 nitrogen and oxygen atoms in total. The summed E-state index contributed by atoms with van der Waals surface area (Å²) < 4.78 is 37.7. The van der Waals surface area contributed by atoms with Gasteiger partial charge >= 0.3 is 6.18 Å². The second kappa shape index (κ2) is 5.78. The summed E-state index contributed by atoms with van der Waals surface area (Å²) in [6, 6.07) is 7.70. The van der Waals surface area contributed by atoms with Crippen LogP contribution in [0.5, 0.6) is 0 Å². The highest BCUT2D eigenvalue weighted by atomic mass is 19.4. The van der Waals surface area contributed by atoms with Gasteiger partial charge in [0, 0.05) is 24.4 Å². The molecule has 0 bridgehead atoms. The minimum Gasteiger partial charge on any atom is -0.366 e. The molecule has 0 atom stereocenters. The second-order valence-corrected chi connectivity index (χ2v) is 4.17. The number of hydrogen-bond acceptors (Lipinski definition) is 4. The molecule has 0 aliphatic rings. The van der Waals surface area contributed by atoms with Gasteiger partial charge in [-0.15, -0.1) is 0 Å². The third-order valence-corrected chi connectivity index (χ3v) is 2.74.